The minimum atomic E-state index is -0.156. The van der Waals surface area contributed by atoms with Crippen molar-refractivity contribution in [2.45, 2.75) is 19.8 Å². The third-order valence-electron chi connectivity index (χ3n) is 2.96. The molecular weight excluding hydrogens is 316 g/mol. The number of nitrogens with zero attached hydrogens (tertiary/aromatic N) is 4. The van der Waals surface area contributed by atoms with Crippen molar-refractivity contribution in [3.63, 3.8) is 0 Å². The summed E-state index contributed by atoms with van der Waals surface area (Å²) in [6.07, 6.45) is 2.38. The van der Waals surface area contributed by atoms with E-state index in [0.29, 0.717) is 29.2 Å². The number of hydrogen-bond donors (Lipinski definition) is 2. The van der Waals surface area contributed by atoms with Crippen LogP contribution in [-0.4, -0.2) is 31.6 Å². The molecule has 2 N–H and O–H groups in total. The molecule has 2 amide bonds. The second kappa shape index (κ2) is 6.53. The van der Waals surface area contributed by atoms with Gasteiger partial charge in [0.2, 0.25) is 16.8 Å². The van der Waals surface area contributed by atoms with E-state index in [-0.39, 0.29) is 11.8 Å². The van der Waals surface area contributed by atoms with Crippen LogP contribution in [0.1, 0.15) is 18.4 Å². The van der Waals surface area contributed by atoms with Crippen molar-refractivity contribution in [1.82, 2.24) is 19.8 Å². The van der Waals surface area contributed by atoms with Gasteiger partial charge in [-0.05, 0) is 18.2 Å². The average molecular weight is 330 g/mol. The van der Waals surface area contributed by atoms with Gasteiger partial charge in [-0.25, -0.2) is 0 Å². The highest BCUT2D eigenvalue weighted by molar-refractivity contribution is 7.16. The van der Waals surface area contributed by atoms with Crippen LogP contribution < -0.4 is 10.6 Å². The van der Waals surface area contributed by atoms with Crippen molar-refractivity contribution in [3.05, 3.63) is 35.6 Å². The molecule has 0 spiro atoms. The maximum atomic E-state index is 12.0. The molecule has 2 aromatic heterocycles. The zero-order valence-corrected chi connectivity index (χ0v) is 13.1. The molecule has 0 bridgehead atoms. The Labute approximate surface area is 135 Å². The smallest absolute Gasteiger partial charge is 0.234 e. The van der Waals surface area contributed by atoms with E-state index in [4.69, 9.17) is 0 Å². The van der Waals surface area contributed by atoms with Crippen LogP contribution in [0.3, 0.4) is 0 Å². The number of fused-ring (bicyclic) bond motifs is 1. The highest BCUT2D eigenvalue weighted by Gasteiger charge is 2.09. The highest BCUT2D eigenvalue weighted by atomic mass is 32.1. The summed E-state index contributed by atoms with van der Waals surface area (Å²) in [6.45, 7) is 1.44. The zero-order valence-electron chi connectivity index (χ0n) is 12.3. The van der Waals surface area contributed by atoms with E-state index < -0.39 is 0 Å². The predicted molar refractivity (Wildman–Crippen MR) is 86.4 cm³/mol. The molecule has 9 heteroatoms. The van der Waals surface area contributed by atoms with Gasteiger partial charge < -0.3 is 10.6 Å². The zero-order chi connectivity index (χ0) is 16.2. The van der Waals surface area contributed by atoms with Crippen LogP contribution in [0.15, 0.2) is 30.6 Å². The summed E-state index contributed by atoms with van der Waals surface area (Å²) in [5, 5.41) is 18.2. The van der Waals surface area contributed by atoms with Gasteiger partial charge in [0.25, 0.3) is 0 Å². The molecule has 0 aliphatic rings. The highest BCUT2D eigenvalue weighted by Crippen LogP contribution is 2.17. The molecular formula is C14H14N6O2S. The molecule has 0 aliphatic carbocycles. The normalized spacial score (nSPS) is 10.7. The number of aryl methyl sites for hydroxylation is 1. The maximum Gasteiger partial charge on any atom is 0.234 e. The van der Waals surface area contributed by atoms with E-state index in [9.17, 15) is 9.59 Å². The van der Waals surface area contributed by atoms with Crippen LogP contribution in [0.2, 0.25) is 0 Å². The first kappa shape index (κ1) is 15.1. The molecule has 0 saturated carbocycles. The number of carbonyl (C=O) groups is 2. The lowest BCUT2D eigenvalue weighted by molar-refractivity contribution is -0.116. The van der Waals surface area contributed by atoms with Crippen LogP contribution >= 0.6 is 11.3 Å². The maximum absolute atomic E-state index is 12.0. The summed E-state index contributed by atoms with van der Waals surface area (Å²) in [5.41, 5.74) is 1.28. The molecule has 0 saturated heterocycles. The summed E-state index contributed by atoms with van der Waals surface area (Å²) in [4.78, 5) is 23.8. The molecule has 0 aliphatic heterocycles. The average Bonchev–Trinajstić information content (AvgIpc) is 3.05. The predicted octanol–water partition coefficient (Wildman–Crippen LogP) is 1.72. The van der Waals surface area contributed by atoms with Crippen LogP contribution in [0.4, 0.5) is 11.4 Å². The first-order valence-corrected chi connectivity index (χ1v) is 7.75. The lowest BCUT2D eigenvalue weighted by Gasteiger charge is -2.07. The monoisotopic (exact) mass is 330 g/mol. The molecule has 0 atom stereocenters. The minimum absolute atomic E-state index is 0.115. The minimum Gasteiger partial charge on any atom is -0.326 e. The van der Waals surface area contributed by atoms with Crippen molar-refractivity contribution in [3.8, 4) is 0 Å². The van der Waals surface area contributed by atoms with E-state index in [0.717, 1.165) is 5.01 Å². The summed E-state index contributed by atoms with van der Waals surface area (Å²) in [5.74, 6) is -0.271. The fourth-order valence-corrected chi connectivity index (χ4v) is 2.84. The second-order valence-corrected chi connectivity index (χ2v) is 5.90. The van der Waals surface area contributed by atoms with Gasteiger partial charge in [0, 0.05) is 31.1 Å². The number of anilines is 2. The number of amides is 2. The third kappa shape index (κ3) is 3.89. The number of hydrogen-bond acceptors (Lipinski definition) is 6. The number of rotatable bonds is 5. The van der Waals surface area contributed by atoms with E-state index in [1.54, 1.807) is 28.8 Å². The third-order valence-corrected chi connectivity index (χ3v) is 3.93. The lowest BCUT2D eigenvalue weighted by Crippen LogP contribution is -2.13. The molecule has 0 fully saturated rings. The van der Waals surface area contributed by atoms with Crippen LogP contribution in [0.25, 0.3) is 4.96 Å². The Balaban J connectivity index is 1.56. The van der Waals surface area contributed by atoms with E-state index in [1.165, 1.54) is 24.6 Å². The van der Waals surface area contributed by atoms with Gasteiger partial charge in [-0.3, -0.25) is 9.59 Å². The van der Waals surface area contributed by atoms with Crippen molar-refractivity contribution >= 4 is 39.5 Å². The molecule has 0 radical (unpaired) electrons. The largest absolute Gasteiger partial charge is 0.326 e. The van der Waals surface area contributed by atoms with E-state index >= 15 is 0 Å². The first-order chi connectivity index (χ1) is 11.1. The van der Waals surface area contributed by atoms with Crippen molar-refractivity contribution in [1.29, 1.82) is 0 Å². The Kier molecular flexibility index (Phi) is 4.29. The lowest BCUT2D eigenvalue weighted by atomic mass is 10.2. The van der Waals surface area contributed by atoms with Gasteiger partial charge in [0.15, 0.2) is 0 Å². The topological polar surface area (TPSA) is 101 Å². The summed E-state index contributed by atoms with van der Waals surface area (Å²) < 4.78 is 1.59. The number of nitrogens with one attached hydrogen (secondary N) is 2. The number of benzene rings is 1. The van der Waals surface area contributed by atoms with Gasteiger partial charge in [0.1, 0.15) is 11.3 Å². The fraction of sp³-hybridized carbons (Fsp3) is 0.214. The van der Waals surface area contributed by atoms with E-state index in [1.807, 2.05) is 0 Å². The molecule has 118 valence electrons. The Morgan fingerprint density at radius 1 is 1.26 bits per heavy atom. The second-order valence-electron chi connectivity index (χ2n) is 4.86. The molecule has 3 aromatic rings. The Morgan fingerprint density at radius 2 is 2.04 bits per heavy atom. The summed E-state index contributed by atoms with van der Waals surface area (Å²) >= 11 is 1.41. The van der Waals surface area contributed by atoms with Gasteiger partial charge in [-0.2, -0.15) is 9.61 Å². The van der Waals surface area contributed by atoms with Crippen LogP contribution in [0, 0.1) is 0 Å². The Bertz CT molecular complexity index is 827. The number of aromatic nitrogens is 4. The molecule has 23 heavy (non-hydrogen) atoms. The standard InChI is InChI=1S/C14H14N6O2S/c1-9(21)16-10-3-2-4-11(7-10)17-12(22)5-6-13-19-20-8-15-18-14(20)23-13/h2-4,7-8H,5-6H2,1H3,(H,16,21)(H,17,22). The molecule has 0 unspecified atom stereocenters. The molecule has 2 heterocycles. The van der Waals surface area contributed by atoms with Crippen LogP contribution in [0.5, 0.6) is 0 Å². The quantitative estimate of drug-likeness (QED) is 0.741. The Hall–Kier alpha value is -2.81. The van der Waals surface area contributed by atoms with Gasteiger partial charge in [-0.15, -0.1) is 10.2 Å². The molecule has 3 rings (SSSR count). The van der Waals surface area contributed by atoms with Crippen LogP contribution in [-0.2, 0) is 16.0 Å². The van der Waals surface area contributed by atoms with E-state index in [2.05, 4.69) is 25.9 Å². The Morgan fingerprint density at radius 3 is 2.78 bits per heavy atom. The summed E-state index contributed by atoms with van der Waals surface area (Å²) in [6, 6.07) is 7.01. The number of carbonyl (C=O) groups excluding carboxylic acids is 2. The van der Waals surface area contributed by atoms with Crippen molar-refractivity contribution in [2.75, 3.05) is 10.6 Å². The van der Waals surface area contributed by atoms with Gasteiger partial charge in [0.05, 0.1) is 0 Å². The summed E-state index contributed by atoms with van der Waals surface area (Å²) in [7, 11) is 0. The van der Waals surface area contributed by atoms with Crippen molar-refractivity contribution < 1.29 is 9.59 Å². The van der Waals surface area contributed by atoms with Gasteiger partial charge in [-0.1, -0.05) is 17.4 Å². The molecule has 8 nitrogen and oxygen atoms in total. The van der Waals surface area contributed by atoms with Gasteiger partial charge >= 0.3 is 0 Å². The molecule has 1 aromatic carbocycles. The fourth-order valence-electron chi connectivity index (χ4n) is 2.02. The first-order valence-electron chi connectivity index (χ1n) is 6.93. The SMILES string of the molecule is CC(=O)Nc1cccc(NC(=O)CCc2nn3cnnc3s2)c1. The van der Waals surface area contributed by atoms with Crippen molar-refractivity contribution in [2.24, 2.45) is 0 Å².